The predicted molar refractivity (Wildman–Crippen MR) is 139 cm³/mol. The molecular weight excluding hydrogens is 438 g/mol. The molecule has 0 spiro atoms. The number of aryl methyl sites for hydroxylation is 2. The predicted octanol–water partition coefficient (Wildman–Crippen LogP) is 5.33. The second kappa shape index (κ2) is 9.68. The normalized spacial score (nSPS) is 15.5. The van der Waals surface area contributed by atoms with E-state index in [0.29, 0.717) is 5.88 Å². The highest BCUT2D eigenvalue weighted by atomic mass is 16.5. The third kappa shape index (κ3) is 4.74. The highest BCUT2D eigenvalue weighted by Crippen LogP contribution is 2.32. The smallest absolute Gasteiger partial charge is 0.224 e. The van der Waals surface area contributed by atoms with Crippen LogP contribution in [-0.4, -0.2) is 58.9 Å². The highest BCUT2D eigenvalue weighted by molar-refractivity contribution is 5.79. The van der Waals surface area contributed by atoms with Crippen molar-refractivity contribution in [2.45, 2.75) is 32.2 Å². The Balaban J connectivity index is 1.56. The molecule has 2 aromatic heterocycles. The number of fused-ring (bicyclic) bond motifs is 1. The van der Waals surface area contributed by atoms with E-state index in [1.165, 1.54) is 11.1 Å². The zero-order valence-corrected chi connectivity index (χ0v) is 20.9. The SMILES string of the molecule is Cc1ccc(-c2cnn3c(NCC4(N(C)C)CCOCC4)cc(Oc4ccccc4)nc23)cc1C. The van der Waals surface area contributed by atoms with E-state index < -0.39 is 0 Å². The lowest BCUT2D eigenvalue weighted by atomic mass is 9.88. The minimum atomic E-state index is 0.0122. The topological polar surface area (TPSA) is 63.9 Å². The van der Waals surface area contributed by atoms with E-state index in [9.17, 15) is 0 Å². The molecule has 0 unspecified atom stereocenters. The minimum absolute atomic E-state index is 0.0122. The first kappa shape index (κ1) is 23.3. The van der Waals surface area contributed by atoms with Gasteiger partial charge in [0.1, 0.15) is 11.6 Å². The van der Waals surface area contributed by atoms with E-state index in [4.69, 9.17) is 19.6 Å². The molecule has 1 N–H and O–H groups in total. The molecule has 4 aromatic rings. The Morgan fingerprint density at radius 2 is 1.80 bits per heavy atom. The molecule has 0 bridgehead atoms. The summed E-state index contributed by atoms with van der Waals surface area (Å²) in [6.45, 7) is 6.56. The molecule has 0 saturated carbocycles. The van der Waals surface area contributed by atoms with Gasteiger partial charge in [0, 0.05) is 36.9 Å². The molecule has 2 aromatic carbocycles. The van der Waals surface area contributed by atoms with Crippen LogP contribution in [0.4, 0.5) is 5.82 Å². The summed E-state index contributed by atoms with van der Waals surface area (Å²) in [4.78, 5) is 7.19. The van der Waals surface area contributed by atoms with Crippen LogP contribution in [0.15, 0.2) is 60.8 Å². The molecule has 0 radical (unpaired) electrons. The zero-order valence-electron chi connectivity index (χ0n) is 20.9. The molecule has 7 nitrogen and oxygen atoms in total. The van der Waals surface area contributed by atoms with Gasteiger partial charge in [0.25, 0.3) is 0 Å². The number of likely N-dealkylation sites (N-methyl/N-ethyl adjacent to an activating group) is 1. The van der Waals surface area contributed by atoms with Crippen molar-refractivity contribution in [3.05, 3.63) is 71.9 Å². The van der Waals surface area contributed by atoms with Gasteiger partial charge in [0.05, 0.1) is 6.20 Å². The van der Waals surface area contributed by atoms with E-state index in [0.717, 1.165) is 60.9 Å². The Morgan fingerprint density at radius 3 is 2.51 bits per heavy atom. The summed E-state index contributed by atoms with van der Waals surface area (Å²) >= 11 is 0. The van der Waals surface area contributed by atoms with Crippen LogP contribution in [0, 0.1) is 13.8 Å². The maximum Gasteiger partial charge on any atom is 0.224 e. The number of aromatic nitrogens is 3. The highest BCUT2D eigenvalue weighted by Gasteiger charge is 2.35. The summed E-state index contributed by atoms with van der Waals surface area (Å²) in [5.41, 5.74) is 5.34. The summed E-state index contributed by atoms with van der Waals surface area (Å²) in [7, 11) is 4.29. The monoisotopic (exact) mass is 471 g/mol. The lowest BCUT2D eigenvalue weighted by Crippen LogP contribution is -2.53. The van der Waals surface area contributed by atoms with Crippen LogP contribution in [0.1, 0.15) is 24.0 Å². The van der Waals surface area contributed by atoms with Crippen LogP contribution in [0.2, 0.25) is 0 Å². The maximum absolute atomic E-state index is 6.17. The first-order valence-electron chi connectivity index (χ1n) is 12.1. The number of anilines is 1. The fourth-order valence-corrected chi connectivity index (χ4v) is 4.63. The first-order chi connectivity index (χ1) is 16.9. The summed E-state index contributed by atoms with van der Waals surface area (Å²) in [5, 5.41) is 8.40. The van der Waals surface area contributed by atoms with Crippen molar-refractivity contribution < 1.29 is 9.47 Å². The lowest BCUT2D eigenvalue weighted by molar-refractivity contribution is -0.000684. The van der Waals surface area contributed by atoms with Crippen LogP contribution in [0.3, 0.4) is 0 Å². The maximum atomic E-state index is 6.17. The summed E-state index contributed by atoms with van der Waals surface area (Å²) in [6.07, 6.45) is 3.84. The van der Waals surface area contributed by atoms with Crippen molar-refractivity contribution in [3.63, 3.8) is 0 Å². The van der Waals surface area contributed by atoms with Crippen LogP contribution >= 0.6 is 0 Å². The van der Waals surface area contributed by atoms with Gasteiger partial charge in [-0.1, -0.05) is 36.4 Å². The third-order valence-electron chi connectivity index (χ3n) is 7.20. The van der Waals surface area contributed by atoms with Crippen molar-refractivity contribution in [1.82, 2.24) is 19.5 Å². The van der Waals surface area contributed by atoms with Crippen molar-refractivity contribution in [2.24, 2.45) is 0 Å². The summed E-state index contributed by atoms with van der Waals surface area (Å²) < 4.78 is 13.7. The van der Waals surface area contributed by atoms with Crippen molar-refractivity contribution >= 4 is 11.5 Å². The second-order valence-corrected chi connectivity index (χ2v) is 9.57. The Morgan fingerprint density at radius 1 is 1.03 bits per heavy atom. The molecule has 7 heteroatoms. The van der Waals surface area contributed by atoms with Crippen molar-refractivity contribution in [2.75, 3.05) is 39.2 Å². The zero-order chi connectivity index (χ0) is 24.4. The average molecular weight is 472 g/mol. The number of ether oxygens (including phenoxy) is 2. The lowest BCUT2D eigenvalue weighted by Gasteiger charge is -2.43. The summed E-state index contributed by atoms with van der Waals surface area (Å²) in [6, 6.07) is 18.1. The summed E-state index contributed by atoms with van der Waals surface area (Å²) in [5.74, 6) is 2.13. The Hall–Kier alpha value is -3.42. The molecule has 0 atom stereocenters. The van der Waals surface area contributed by atoms with Gasteiger partial charge in [-0.3, -0.25) is 0 Å². The molecule has 1 fully saturated rings. The fourth-order valence-electron chi connectivity index (χ4n) is 4.63. The van der Waals surface area contributed by atoms with E-state index in [-0.39, 0.29) is 5.54 Å². The molecule has 5 rings (SSSR count). The van der Waals surface area contributed by atoms with Crippen LogP contribution in [0.25, 0.3) is 16.8 Å². The minimum Gasteiger partial charge on any atom is -0.439 e. The van der Waals surface area contributed by atoms with E-state index in [1.807, 2.05) is 47.1 Å². The Kier molecular flexibility index (Phi) is 6.45. The molecule has 3 heterocycles. The Bertz CT molecular complexity index is 1310. The molecule has 0 aliphatic carbocycles. The van der Waals surface area contributed by atoms with Gasteiger partial charge in [-0.15, -0.1) is 0 Å². The van der Waals surface area contributed by atoms with Gasteiger partial charge in [-0.2, -0.15) is 14.6 Å². The second-order valence-electron chi connectivity index (χ2n) is 9.57. The fraction of sp³-hybridized carbons (Fsp3) is 0.357. The molecule has 1 aliphatic rings. The van der Waals surface area contributed by atoms with Crippen molar-refractivity contribution in [3.8, 4) is 22.8 Å². The van der Waals surface area contributed by atoms with Gasteiger partial charge in [-0.05, 0) is 69.6 Å². The van der Waals surface area contributed by atoms with Gasteiger partial charge in [0.2, 0.25) is 5.88 Å². The van der Waals surface area contributed by atoms with E-state index >= 15 is 0 Å². The number of nitrogens with one attached hydrogen (secondary N) is 1. The van der Waals surface area contributed by atoms with Gasteiger partial charge < -0.3 is 19.7 Å². The van der Waals surface area contributed by atoms with Gasteiger partial charge in [-0.25, -0.2) is 0 Å². The number of nitrogens with zero attached hydrogens (tertiary/aromatic N) is 4. The van der Waals surface area contributed by atoms with Gasteiger partial charge in [0.15, 0.2) is 5.65 Å². The Labute approximate surface area is 206 Å². The van der Waals surface area contributed by atoms with Crippen molar-refractivity contribution in [1.29, 1.82) is 0 Å². The largest absolute Gasteiger partial charge is 0.439 e. The van der Waals surface area contributed by atoms with Crippen LogP contribution in [0.5, 0.6) is 11.6 Å². The third-order valence-corrected chi connectivity index (χ3v) is 7.20. The molecule has 0 amide bonds. The number of benzene rings is 2. The number of hydrogen-bond donors (Lipinski definition) is 1. The number of hydrogen-bond acceptors (Lipinski definition) is 6. The van der Waals surface area contributed by atoms with Crippen LogP contribution < -0.4 is 10.1 Å². The van der Waals surface area contributed by atoms with E-state index in [2.05, 4.69) is 56.4 Å². The first-order valence-corrected chi connectivity index (χ1v) is 12.1. The number of para-hydroxylation sites is 1. The molecule has 35 heavy (non-hydrogen) atoms. The number of rotatable bonds is 7. The molecule has 182 valence electrons. The van der Waals surface area contributed by atoms with Crippen LogP contribution in [-0.2, 0) is 4.74 Å². The molecular formula is C28H33N5O2. The molecule has 1 aliphatic heterocycles. The standard InChI is InChI=1S/C28H33N5O2/c1-20-10-11-22(16-21(20)2)24-18-30-33-25(29-19-28(32(3)4)12-14-34-15-13-28)17-26(31-27(24)33)35-23-8-6-5-7-9-23/h5-11,16-18,29H,12-15,19H2,1-4H3. The van der Waals surface area contributed by atoms with Gasteiger partial charge >= 0.3 is 0 Å². The quantitative estimate of drug-likeness (QED) is 0.393. The van der Waals surface area contributed by atoms with E-state index in [1.54, 1.807) is 0 Å². The molecule has 1 saturated heterocycles. The average Bonchev–Trinajstić information content (AvgIpc) is 3.29.